The van der Waals surface area contributed by atoms with Gasteiger partial charge in [-0.05, 0) is 18.2 Å². The smallest absolute Gasteiger partial charge is 0.230 e. The fraction of sp³-hybridized carbons (Fsp3) is 0.182. The first kappa shape index (κ1) is 20.5. The molecule has 0 aliphatic carbocycles. The quantitative estimate of drug-likeness (QED) is 0.464. The van der Waals surface area contributed by atoms with Gasteiger partial charge in [-0.3, -0.25) is 14.3 Å². The summed E-state index contributed by atoms with van der Waals surface area (Å²) in [6.45, 7) is 0.456. The zero-order chi connectivity index (χ0) is 22.8. The highest BCUT2D eigenvalue weighted by atomic mass is 19.1. The van der Waals surface area contributed by atoms with Gasteiger partial charge < -0.3 is 15.2 Å². The number of aromatic nitrogens is 5. The molecule has 0 radical (unpaired) electrons. The number of rotatable bonds is 6. The number of anilines is 1. The zero-order valence-electron chi connectivity index (χ0n) is 17.2. The maximum atomic E-state index is 14.2. The number of carbonyl (C=O) groups excluding carboxylic acids is 2. The van der Waals surface area contributed by atoms with Gasteiger partial charge in [-0.15, -0.1) is 0 Å². The summed E-state index contributed by atoms with van der Waals surface area (Å²) in [5.41, 5.74) is 1.99. The monoisotopic (exact) mass is 447 g/mol. The molecule has 1 aromatic carbocycles. The Morgan fingerprint density at radius 1 is 1.24 bits per heavy atom. The lowest BCUT2D eigenvalue weighted by atomic mass is 10.1. The molecular formula is C22H18FN7O3. The Labute approximate surface area is 186 Å². The average Bonchev–Trinajstić information content (AvgIpc) is 3.56. The number of nitrogens with zero attached hydrogens (tertiary/aromatic N) is 5. The lowest BCUT2D eigenvalue weighted by Crippen LogP contribution is -2.25. The van der Waals surface area contributed by atoms with Gasteiger partial charge in [-0.25, -0.2) is 14.4 Å². The molecule has 3 aromatic heterocycles. The first-order valence-electron chi connectivity index (χ1n) is 10.2. The molecule has 33 heavy (non-hydrogen) atoms. The molecule has 4 aromatic rings. The third kappa shape index (κ3) is 4.33. The molecule has 4 heterocycles. The molecule has 0 bridgehead atoms. The Morgan fingerprint density at radius 2 is 2.12 bits per heavy atom. The van der Waals surface area contributed by atoms with Crippen molar-refractivity contribution in [1.82, 2.24) is 30.2 Å². The maximum absolute atomic E-state index is 14.2. The summed E-state index contributed by atoms with van der Waals surface area (Å²) in [7, 11) is 0. The number of benzene rings is 1. The van der Waals surface area contributed by atoms with Crippen LogP contribution >= 0.6 is 0 Å². The van der Waals surface area contributed by atoms with Crippen molar-refractivity contribution in [1.29, 1.82) is 0 Å². The Hall–Kier alpha value is -4.41. The van der Waals surface area contributed by atoms with Crippen LogP contribution in [0, 0.1) is 11.7 Å². The van der Waals surface area contributed by atoms with Crippen LogP contribution < -0.4 is 10.6 Å². The van der Waals surface area contributed by atoms with Gasteiger partial charge in [-0.1, -0.05) is 23.4 Å². The fourth-order valence-corrected chi connectivity index (χ4v) is 3.56. The van der Waals surface area contributed by atoms with Crippen LogP contribution in [0.5, 0.6) is 0 Å². The standard InChI is InChI=1S/C22H18FN7O3/c23-15-4-2-1-3-13(15)12-30-18(16-6-8-33-29-16)10-17(28-30)21-24-7-5-19(26-21)27-22(32)14-9-20(31)25-11-14/h1-8,10,14H,9,11-12H2,(H,25,31)(H,24,26,27,32). The fourth-order valence-electron chi connectivity index (χ4n) is 3.56. The van der Waals surface area contributed by atoms with E-state index in [1.807, 2.05) is 0 Å². The van der Waals surface area contributed by atoms with Gasteiger partial charge in [0.15, 0.2) is 5.82 Å². The van der Waals surface area contributed by atoms with Crippen molar-refractivity contribution in [3.8, 4) is 22.9 Å². The number of amides is 2. The second-order valence-corrected chi connectivity index (χ2v) is 7.51. The molecule has 10 nitrogen and oxygen atoms in total. The van der Waals surface area contributed by atoms with E-state index in [-0.39, 0.29) is 42.2 Å². The summed E-state index contributed by atoms with van der Waals surface area (Å²) in [5, 5.41) is 13.9. The second-order valence-electron chi connectivity index (χ2n) is 7.51. The predicted molar refractivity (Wildman–Crippen MR) is 114 cm³/mol. The van der Waals surface area contributed by atoms with Gasteiger partial charge in [0.05, 0.1) is 18.2 Å². The molecule has 1 atom stereocenters. The minimum absolute atomic E-state index is 0.144. The minimum atomic E-state index is -0.449. The topological polar surface area (TPSA) is 128 Å². The van der Waals surface area contributed by atoms with Crippen LogP contribution in [-0.2, 0) is 16.1 Å². The van der Waals surface area contributed by atoms with Crippen LogP contribution in [0.15, 0.2) is 59.4 Å². The van der Waals surface area contributed by atoms with Crippen LogP contribution in [0.2, 0.25) is 0 Å². The van der Waals surface area contributed by atoms with E-state index >= 15 is 0 Å². The number of carbonyl (C=O) groups is 2. The first-order valence-corrected chi connectivity index (χ1v) is 10.2. The van der Waals surface area contributed by atoms with E-state index in [1.165, 1.54) is 18.5 Å². The first-order chi connectivity index (χ1) is 16.1. The van der Waals surface area contributed by atoms with Gasteiger partial charge in [-0.2, -0.15) is 5.10 Å². The summed E-state index contributed by atoms with van der Waals surface area (Å²) in [6, 6.07) is 11.4. The van der Waals surface area contributed by atoms with Crippen molar-refractivity contribution in [3.05, 3.63) is 66.3 Å². The Morgan fingerprint density at radius 3 is 2.88 bits per heavy atom. The lowest BCUT2D eigenvalue weighted by Gasteiger charge is -2.08. The molecule has 1 fully saturated rings. The van der Waals surface area contributed by atoms with Crippen LogP contribution in [0.25, 0.3) is 22.9 Å². The molecule has 2 amide bonds. The highest BCUT2D eigenvalue weighted by molar-refractivity contribution is 5.96. The molecule has 0 spiro atoms. The van der Waals surface area contributed by atoms with Crippen LogP contribution in [0.3, 0.4) is 0 Å². The highest BCUT2D eigenvalue weighted by Crippen LogP contribution is 2.25. The Balaban J connectivity index is 1.44. The van der Waals surface area contributed by atoms with Crippen molar-refractivity contribution >= 4 is 17.6 Å². The number of halogens is 1. The van der Waals surface area contributed by atoms with Crippen LogP contribution in [-0.4, -0.2) is 43.3 Å². The lowest BCUT2D eigenvalue weighted by molar-refractivity contribution is -0.123. The molecule has 11 heteroatoms. The molecule has 166 valence electrons. The van der Waals surface area contributed by atoms with Gasteiger partial charge in [0.2, 0.25) is 11.8 Å². The largest absolute Gasteiger partial charge is 0.364 e. The van der Waals surface area contributed by atoms with Crippen molar-refractivity contribution in [2.45, 2.75) is 13.0 Å². The highest BCUT2D eigenvalue weighted by Gasteiger charge is 2.28. The van der Waals surface area contributed by atoms with E-state index in [0.29, 0.717) is 29.2 Å². The molecular weight excluding hydrogens is 429 g/mol. The number of nitrogens with one attached hydrogen (secondary N) is 2. The Bertz CT molecular complexity index is 1320. The summed E-state index contributed by atoms with van der Waals surface area (Å²) >= 11 is 0. The molecule has 1 unspecified atom stereocenters. The molecule has 1 saturated heterocycles. The summed E-state index contributed by atoms with van der Waals surface area (Å²) in [6.07, 6.45) is 3.08. The second kappa shape index (κ2) is 8.61. The third-order valence-corrected chi connectivity index (χ3v) is 5.24. The molecule has 0 saturated carbocycles. The van der Waals surface area contributed by atoms with Crippen LogP contribution in [0.1, 0.15) is 12.0 Å². The molecule has 5 rings (SSSR count). The van der Waals surface area contributed by atoms with Gasteiger partial charge in [0.1, 0.15) is 29.3 Å². The maximum Gasteiger partial charge on any atom is 0.230 e. The van der Waals surface area contributed by atoms with E-state index in [1.54, 1.807) is 41.1 Å². The van der Waals surface area contributed by atoms with Gasteiger partial charge in [0, 0.05) is 30.8 Å². The van der Waals surface area contributed by atoms with Crippen molar-refractivity contribution in [3.63, 3.8) is 0 Å². The zero-order valence-corrected chi connectivity index (χ0v) is 17.2. The third-order valence-electron chi connectivity index (χ3n) is 5.24. The van der Waals surface area contributed by atoms with E-state index in [2.05, 4.69) is 30.9 Å². The minimum Gasteiger partial charge on any atom is -0.364 e. The predicted octanol–water partition coefficient (Wildman–Crippen LogP) is 2.26. The summed E-state index contributed by atoms with van der Waals surface area (Å²) < 4.78 is 20.8. The summed E-state index contributed by atoms with van der Waals surface area (Å²) in [5.74, 6) is -0.691. The molecule has 2 N–H and O–H groups in total. The average molecular weight is 447 g/mol. The number of hydrogen-bond acceptors (Lipinski definition) is 7. The molecule has 1 aliphatic rings. The van der Waals surface area contributed by atoms with Crippen molar-refractivity contribution in [2.75, 3.05) is 11.9 Å². The van der Waals surface area contributed by atoms with Crippen molar-refractivity contribution < 1.29 is 18.5 Å². The van der Waals surface area contributed by atoms with Gasteiger partial charge in [0.25, 0.3) is 0 Å². The van der Waals surface area contributed by atoms with Crippen LogP contribution in [0.4, 0.5) is 10.2 Å². The van der Waals surface area contributed by atoms with Crippen molar-refractivity contribution in [2.24, 2.45) is 5.92 Å². The van der Waals surface area contributed by atoms with E-state index in [9.17, 15) is 14.0 Å². The summed E-state index contributed by atoms with van der Waals surface area (Å²) in [4.78, 5) is 32.4. The molecule has 1 aliphatic heterocycles. The van der Waals surface area contributed by atoms with Gasteiger partial charge >= 0.3 is 0 Å². The number of hydrogen-bond donors (Lipinski definition) is 2. The normalized spacial score (nSPS) is 15.4. The Kier molecular flexibility index (Phi) is 5.35. The van der Waals surface area contributed by atoms with E-state index in [0.717, 1.165) is 0 Å². The van der Waals surface area contributed by atoms with E-state index in [4.69, 9.17) is 4.52 Å². The van der Waals surface area contributed by atoms with E-state index < -0.39 is 5.92 Å². The SMILES string of the molecule is O=C1CC(C(=O)Nc2ccnc(-c3cc(-c4ccon4)n(Cc4ccccc4F)n3)n2)CN1.